The molecule has 0 aliphatic rings. The molecule has 0 saturated heterocycles. The molecule has 0 bridgehead atoms. The third-order valence-electron chi connectivity index (χ3n) is 6.86. The Morgan fingerprint density at radius 3 is 1.39 bits per heavy atom. The largest absolute Gasteiger partial charge is 0.391 e. The van der Waals surface area contributed by atoms with Crippen LogP contribution in [0.2, 0.25) is 0 Å². The van der Waals surface area contributed by atoms with E-state index in [1.165, 1.54) is 0 Å². The van der Waals surface area contributed by atoms with E-state index in [-0.39, 0.29) is 24.5 Å². The molecule has 4 aromatic carbocycles. The van der Waals surface area contributed by atoms with Crippen molar-refractivity contribution in [1.82, 2.24) is 21.3 Å². The highest BCUT2D eigenvalue weighted by atomic mass is 16.3. The summed E-state index contributed by atoms with van der Waals surface area (Å²) in [6.45, 7) is 0.771. The van der Waals surface area contributed by atoms with Crippen LogP contribution in [0.15, 0.2) is 121 Å². The lowest BCUT2D eigenvalue weighted by molar-refractivity contribution is 0.109. The summed E-state index contributed by atoms with van der Waals surface area (Å²) >= 11 is 0. The third kappa shape index (κ3) is 10.5. The fraction of sp³-hybridized carbons (Fsp3) is 0.235. The van der Waals surface area contributed by atoms with Crippen molar-refractivity contribution in [3.63, 3.8) is 0 Å². The van der Waals surface area contributed by atoms with Gasteiger partial charge < -0.3 is 26.4 Å². The molecule has 4 amide bonds. The molecule has 7 heteroatoms. The minimum absolute atomic E-state index is 0.254. The topological polar surface area (TPSA) is 102 Å². The number of benzene rings is 4. The van der Waals surface area contributed by atoms with Crippen LogP contribution >= 0.6 is 0 Å². The van der Waals surface area contributed by atoms with E-state index in [0.29, 0.717) is 25.9 Å². The van der Waals surface area contributed by atoms with Crippen molar-refractivity contribution in [3.8, 4) is 0 Å². The first kappa shape index (κ1) is 29.4. The molecule has 7 nitrogen and oxygen atoms in total. The van der Waals surface area contributed by atoms with E-state index in [9.17, 15) is 14.7 Å². The summed E-state index contributed by atoms with van der Waals surface area (Å²) in [6, 6.07) is 37.4. The molecular formula is C34H38N4O3. The fourth-order valence-corrected chi connectivity index (χ4v) is 4.71. The number of aliphatic hydroxyl groups is 1. The van der Waals surface area contributed by atoms with Crippen LogP contribution in [0, 0.1) is 0 Å². The predicted molar refractivity (Wildman–Crippen MR) is 162 cm³/mol. The SMILES string of the molecule is O=C(NCc1ccccc1)N[C@@H](Cc1ccccc1)C[C@H](O)[C@H](Cc1ccccc1)NC(=O)NCc1ccccc1. The summed E-state index contributed by atoms with van der Waals surface area (Å²) in [4.78, 5) is 25.8. The molecule has 0 aromatic heterocycles. The average molecular weight is 551 g/mol. The summed E-state index contributed by atoms with van der Waals surface area (Å²) < 4.78 is 0. The Hall–Kier alpha value is -4.62. The van der Waals surface area contributed by atoms with Gasteiger partial charge in [0, 0.05) is 19.1 Å². The number of carbonyl (C=O) groups excluding carboxylic acids is 2. The third-order valence-corrected chi connectivity index (χ3v) is 6.86. The Kier molecular flexibility index (Phi) is 11.3. The van der Waals surface area contributed by atoms with Crippen LogP contribution in [0.1, 0.15) is 28.7 Å². The van der Waals surface area contributed by atoms with Gasteiger partial charge in [-0.15, -0.1) is 0 Å². The van der Waals surface area contributed by atoms with Gasteiger partial charge in [-0.1, -0.05) is 121 Å². The Labute approximate surface area is 242 Å². The molecule has 212 valence electrons. The molecule has 4 aromatic rings. The van der Waals surface area contributed by atoms with Crippen LogP contribution < -0.4 is 21.3 Å². The zero-order valence-electron chi connectivity index (χ0n) is 23.1. The molecule has 0 unspecified atom stereocenters. The van der Waals surface area contributed by atoms with E-state index in [1.807, 2.05) is 121 Å². The molecule has 41 heavy (non-hydrogen) atoms. The molecule has 0 fully saturated rings. The number of hydrogen-bond acceptors (Lipinski definition) is 3. The second-order valence-corrected chi connectivity index (χ2v) is 10.1. The minimum atomic E-state index is -0.916. The molecule has 0 radical (unpaired) electrons. The number of nitrogens with one attached hydrogen (secondary N) is 4. The van der Waals surface area contributed by atoms with Crippen molar-refractivity contribution in [2.45, 2.75) is 50.5 Å². The van der Waals surface area contributed by atoms with Crippen LogP contribution in [0.3, 0.4) is 0 Å². The van der Waals surface area contributed by atoms with Gasteiger partial charge in [0.05, 0.1) is 12.1 Å². The van der Waals surface area contributed by atoms with Crippen molar-refractivity contribution in [3.05, 3.63) is 144 Å². The van der Waals surface area contributed by atoms with Gasteiger partial charge in [-0.3, -0.25) is 0 Å². The van der Waals surface area contributed by atoms with Crippen molar-refractivity contribution < 1.29 is 14.7 Å². The number of amides is 4. The molecule has 5 N–H and O–H groups in total. The van der Waals surface area contributed by atoms with E-state index in [0.717, 1.165) is 22.3 Å². The van der Waals surface area contributed by atoms with E-state index in [1.54, 1.807) is 0 Å². The zero-order valence-corrected chi connectivity index (χ0v) is 23.1. The highest BCUT2D eigenvalue weighted by Crippen LogP contribution is 2.14. The van der Waals surface area contributed by atoms with Gasteiger partial charge in [0.25, 0.3) is 0 Å². The quantitative estimate of drug-likeness (QED) is 0.163. The number of rotatable bonds is 13. The monoisotopic (exact) mass is 550 g/mol. The fourth-order valence-electron chi connectivity index (χ4n) is 4.71. The van der Waals surface area contributed by atoms with Crippen LogP contribution in [-0.2, 0) is 25.9 Å². The molecule has 0 aliphatic heterocycles. The first-order valence-electron chi connectivity index (χ1n) is 14.0. The van der Waals surface area contributed by atoms with Gasteiger partial charge in [0.15, 0.2) is 0 Å². The van der Waals surface area contributed by atoms with E-state index in [2.05, 4.69) is 21.3 Å². The van der Waals surface area contributed by atoms with Gasteiger partial charge >= 0.3 is 12.1 Å². The summed E-state index contributed by atoms with van der Waals surface area (Å²) in [6.07, 6.45) is 0.318. The Morgan fingerprint density at radius 2 is 0.927 bits per heavy atom. The molecule has 4 rings (SSSR count). The molecule has 0 heterocycles. The van der Waals surface area contributed by atoms with Crippen molar-refractivity contribution in [2.24, 2.45) is 0 Å². The molecular weight excluding hydrogens is 512 g/mol. The highest BCUT2D eigenvalue weighted by Gasteiger charge is 2.26. The van der Waals surface area contributed by atoms with E-state index >= 15 is 0 Å². The summed E-state index contributed by atoms with van der Waals surface area (Å²) in [7, 11) is 0. The Morgan fingerprint density at radius 1 is 0.537 bits per heavy atom. The number of carbonyl (C=O) groups is 2. The maximum Gasteiger partial charge on any atom is 0.315 e. The average Bonchev–Trinajstić information content (AvgIpc) is 3.01. The summed E-state index contributed by atoms with van der Waals surface area (Å²) in [5.41, 5.74) is 4.02. The van der Waals surface area contributed by atoms with Gasteiger partial charge in [-0.05, 0) is 41.5 Å². The molecule has 0 spiro atoms. The van der Waals surface area contributed by atoms with Crippen LogP contribution in [0.25, 0.3) is 0 Å². The predicted octanol–water partition coefficient (Wildman–Crippen LogP) is 4.96. The number of aliphatic hydroxyl groups excluding tert-OH is 1. The second-order valence-electron chi connectivity index (χ2n) is 10.1. The number of urea groups is 2. The lowest BCUT2D eigenvalue weighted by Gasteiger charge is -2.28. The minimum Gasteiger partial charge on any atom is -0.391 e. The molecule has 0 aliphatic carbocycles. The smallest absolute Gasteiger partial charge is 0.315 e. The lowest BCUT2D eigenvalue weighted by atomic mass is 9.93. The Balaban J connectivity index is 1.43. The van der Waals surface area contributed by atoms with Crippen LogP contribution in [0.5, 0.6) is 0 Å². The maximum atomic E-state index is 12.9. The van der Waals surface area contributed by atoms with Gasteiger partial charge in [-0.25, -0.2) is 9.59 Å². The van der Waals surface area contributed by atoms with Crippen molar-refractivity contribution in [2.75, 3.05) is 0 Å². The van der Waals surface area contributed by atoms with Gasteiger partial charge in [0.2, 0.25) is 0 Å². The van der Waals surface area contributed by atoms with E-state index < -0.39 is 12.1 Å². The molecule has 0 saturated carbocycles. The zero-order chi connectivity index (χ0) is 28.7. The summed E-state index contributed by atoms with van der Waals surface area (Å²) in [5.74, 6) is 0. The van der Waals surface area contributed by atoms with Crippen molar-refractivity contribution in [1.29, 1.82) is 0 Å². The lowest BCUT2D eigenvalue weighted by Crippen LogP contribution is -2.51. The standard InChI is InChI=1S/C34H38N4O3/c39-32(31(22-27-15-7-2-8-16-27)38-34(41)36-25-29-19-11-4-12-20-29)23-30(21-26-13-5-1-6-14-26)37-33(40)35-24-28-17-9-3-10-18-28/h1-20,30-32,39H,21-25H2,(H2,35,37,40)(H2,36,38,41)/t30-,31-,32-/m0/s1. The second kappa shape index (κ2) is 15.8. The van der Waals surface area contributed by atoms with E-state index in [4.69, 9.17) is 0 Å². The first-order valence-corrected chi connectivity index (χ1v) is 14.0. The highest BCUT2D eigenvalue weighted by molar-refractivity contribution is 5.75. The maximum absolute atomic E-state index is 12.9. The van der Waals surface area contributed by atoms with Gasteiger partial charge in [0.1, 0.15) is 0 Å². The van der Waals surface area contributed by atoms with Crippen molar-refractivity contribution >= 4 is 12.1 Å². The number of hydrogen-bond donors (Lipinski definition) is 5. The summed E-state index contributed by atoms with van der Waals surface area (Å²) in [5, 5.41) is 23.3. The van der Waals surface area contributed by atoms with Crippen LogP contribution in [-0.4, -0.2) is 35.4 Å². The molecule has 3 atom stereocenters. The Bertz CT molecular complexity index is 1320. The van der Waals surface area contributed by atoms with Gasteiger partial charge in [-0.2, -0.15) is 0 Å². The van der Waals surface area contributed by atoms with Crippen LogP contribution in [0.4, 0.5) is 9.59 Å². The first-order chi connectivity index (χ1) is 20.0. The normalized spacial score (nSPS) is 12.9.